The Morgan fingerprint density at radius 3 is 2.59 bits per heavy atom. The summed E-state index contributed by atoms with van der Waals surface area (Å²) >= 11 is 0. The van der Waals surface area contributed by atoms with Crippen molar-refractivity contribution in [3.63, 3.8) is 0 Å². The molecule has 1 aliphatic carbocycles. The summed E-state index contributed by atoms with van der Waals surface area (Å²) in [6, 6.07) is 0.749. The SMILES string of the molecule is CCCNCCCC(C)N(C)CC1CCCC1. The predicted octanol–water partition coefficient (Wildman–Crippen LogP) is 3.28. The average molecular weight is 240 g/mol. The summed E-state index contributed by atoms with van der Waals surface area (Å²) in [6.07, 6.45) is 9.76. The van der Waals surface area contributed by atoms with Crippen LogP contribution in [0.1, 0.15) is 58.8 Å². The zero-order valence-corrected chi connectivity index (χ0v) is 12.2. The smallest absolute Gasteiger partial charge is 0.00644 e. The topological polar surface area (TPSA) is 15.3 Å². The summed E-state index contributed by atoms with van der Waals surface area (Å²) < 4.78 is 0. The van der Waals surface area contributed by atoms with Gasteiger partial charge in [-0.05, 0) is 65.1 Å². The van der Waals surface area contributed by atoms with E-state index >= 15 is 0 Å². The molecule has 102 valence electrons. The van der Waals surface area contributed by atoms with E-state index in [-0.39, 0.29) is 0 Å². The molecule has 0 aromatic rings. The molecule has 1 atom stereocenters. The molecular formula is C15H32N2. The van der Waals surface area contributed by atoms with Crippen molar-refractivity contribution < 1.29 is 0 Å². The van der Waals surface area contributed by atoms with Crippen molar-refractivity contribution in [2.75, 3.05) is 26.7 Å². The summed E-state index contributed by atoms with van der Waals surface area (Å²) in [5.74, 6) is 0.987. The summed E-state index contributed by atoms with van der Waals surface area (Å²) in [7, 11) is 2.31. The van der Waals surface area contributed by atoms with Crippen molar-refractivity contribution in [3.8, 4) is 0 Å². The Morgan fingerprint density at radius 1 is 1.24 bits per heavy atom. The number of nitrogens with one attached hydrogen (secondary N) is 1. The lowest BCUT2D eigenvalue weighted by molar-refractivity contribution is 0.207. The predicted molar refractivity (Wildman–Crippen MR) is 76.4 cm³/mol. The van der Waals surface area contributed by atoms with E-state index in [4.69, 9.17) is 0 Å². The van der Waals surface area contributed by atoms with E-state index in [9.17, 15) is 0 Å². The van der Waals surface area contributed by atoms with Crippen molar-refractivity contribution in [2.45, 2.75) is 64.8 Å². The van der Waals surface area contributed by atoms with Crippen LogP contribution >= 0.6 is 0 Å². The van der Waals surface area contributed by atoms with E-state index in [0.717, 1.165) is 12.0 Å². The van der Waals surface area contributed by atoms with Crippen LogP contribution in [0.4, 0.5) is 0 Å². The van der Waals surface area contributed by atoms with Gasteiger partial charge < -0.3 is 10.2 Å². The van der Waals surface area contributed by atoms with Crippen LogP contribution < -0.4 is 5.32 Å². The molecule has 1 N–H and O–H groups in total. The van der Waals surface area contributed by atoms with E-state index in [1.165, 1.54) is 64.6 Å². The zero-order chi connectivity index (χ0) is 12.5. The lowest BCUT2D eigenvalue weighted by Crippen LogP contribution is -2.33. The van der Waals surface area contributed by atoms with Crippen LogP contribution in [0.2, 0.25) is 0 Å². The molecule has 2 nitrogen and oxygen atoms in total. The van der Waals surface area contributed by atoms with Crippen LogP contribution in [0.5, 0.6) is 0 Å². The standard InChI is InChI=1S/C15H32N2/c1-4-11-16-12-7-8-14(2)17(3)13-15-9-5-6-10-15/h14-16H,4-13H2,1-3H3. The van der Waals surface area contributed by atoms with Gasteiger partial charge in [-0.1, -0.05) is 19.8 Å². The molecule has 1 unspecified atom stereocenters. The van der Waals surface area contributed by atoms with Crippen LogP contribution in [0.3, 0.4) is 0 Å². The van der Waals surface area contributed by atoms with Crippen molar-refractivity contribution in [1.82, 2.24) is 10.2 Å². The van der Waals surface area contributed by atoms with Gasteiger partial charge in [0.15, 0.2) is 0 Å². The summed E-state index contributed by atoms with van der Waals surface area (Å²) in [5.41, 5.74) is 0. The second kappa shape index (κ2) is 8.93. The van der Waals surface area contributed by atoms with E-state index in [1.807, 2.05) is 0 Å². The van der Waals surface area contributed by atoms with E-state index in [1.54, 1.807) is 0 Å². The van der Waals surface area contributed by atoms with Crippen LogP contribution in [-0.2, 0) is 0 Å². The van der Waals surface area contributed by atoms with Gasteiger partial charge in [-0.15, -0.1) is 0 Å². The van der Waals surface area contributed by atoms with Crippen molar-refractivity contribution >= 4 is 0 Å². The fourth-order valence-corrected chi connectivity index (χ4v) is 2.82. The first kappa shape index (κ1) is 15.0. The van der Waals surface area contributed by atoms with Gasteiger partial charge in [0.2, 0.25) is 0 Å². The highest BCUT2D eigenvalue weighted by Gasteiger charge is 2.18. The second-order valence-corrected chi connectivity index (χ2v) is 5.83. The molecule has 1 rings (SSSR count). The van der Waals surface area contributed by atoms with Crippen molar-refractivity contribution in [1.29, 1.82) is 0 Å². The fraction of sp³-hybridized carbons (Fsp3) is 1.00. The molecule has 0 bridgehead atoms. The summed E-state index contributed by atoms with van der Waals surface area (Å²) in [4.78, 5) is 2.58. The van der Waals surface area contributed by atoms with Gasteiger partial charge in [-0.25, -0.2) is 0 Å². The molecule has 2 heteroatoms. The molecule has 17 heavy (non-hydrogen) atoms. The molecule has 0 spiro atoms. The normalized spacial score (nSPS) is 19.1. The highest BCUT2D eigenvalue weighted by molar-refractivity contribution is 4.73. The molecule has 0 amide bonds. The third-order valence-electron chi connectivity index (χ3n) is 4.18. The average Bonchev–Trinajstić information content (AvgIpc) is 2.81. The molecule has 1 aliphatic rings. The van der Waals surface area contributed by atoms with Crippen LogP contribution in [0, 0.1) is 5.92 Å². The van der Waals surface area contributed by atoms with Crippen LogP contribution in [0.25, 0.3) is 0 Å². The van der Waals surface area contributed by atoms with Crippen LogP contribution in [0.15, 0.2) is 0 Å². The highest BCUT2D eigenvalue weighted by atomic mass is 15.1. The van der Waals surface area contributed by atoms with Crippen LogP contribution in [-0.4, -0.2) is 37.6 Å². The lowest BCUT2D eigenvalue weighted by atomic mass is 10.1. The zero-order valence-electron chi connectivity index (χ0n) is 12.2. The number of hydrogen-bond acceptors (Lipinski definition) is 2. The van der Waals surface area contributed by atoms with Gasteiger partial charge >= 0.3 is 0 Å². The first-order valence-corrected chi connectivity index (χ1v) is 7.65. The van der Waals surface area contributed by atoms with Crippen molar-refractivity contribution in [3.05, 3.63) is 0 Å². The molecule has 0 aromatic carbocycles. The number of rotatable bonds is 9. The summed E-state index contributed by atoms with van der Waals surface area (Å²) in [6.45, 7) is 8.30. The molecule has 1 fully saturated rings. The van der Waals surface area contributed by atoms with Gasteiger partial charge in [0, 0.05) is 12.6 Å². The van der Waals surface area contributed by atoms with Crippen molar-refractivity contribution in [2.24, 2.45) is 5.92 Å². The monoisotopic (exact) mass is 240 g/mol. The maximum Gasteiger partial charge on any atom is 0.00644 e. The number of nitrogens with zero attached hydrogens (tertiary/aromatic N) is 1. The minimum Gasteiger partial charge on any atom is -0.317 e. The Hall–Kier alpha value is -0.0800. The summed E-state index contributed by atoms with van der Waals surface area (Å²) in [5, 5.41) is 3.48. The minimum absolute atomic E-state index is 0.749. The maximum atomic E-state index is 3.48. The molecular weight excluding hydrogens is 208 g/mol. The molecule has 0 aliphatic heterocycles. The van der Waals surface area contributed by atoms with Gasteiger partial charge in [-0.2, -0.15) is 0 Å². The Bertz CT molecular complexity index is 176. The first-order chi connectivity index (χ1) is 8.24. The largest absolute Gasteiger partial charge is 0.317 e. The Kier molecular flexibility index (Phi) is 7.87. The molecule has 0 heterocycles. The minimum atomic E-state index is 0.749. The second-order valence-electron chi connectivity index (χ2n) is 5.83. The highest BCUT2D eigenvalue weighted by Crippen LogP contribution is 2.25. The third kappa shape index (κ3) is 6.42. The Balaban J connectivity index is 2.02. The quantitative estimate of drug-likeness (QED) is 0.622. The molecule has 1 saturated carbocycles. The van der Waals surface area contributed by atoms with Gasteiger partial charge in [0.25, 0.3) is 0 Å². The third-order valence-corrected chi connectivity index (χ3v) is 4.18. The lowest BCUT2D eigenvalue weighted by Gasteiger charge is -2.27. The molecule has 0 radical (unpaired) electrons. The van der Waals surface area contributed by atoms with E-state index < -0.39 is 0 Å². The Labute approximate surface area is 108 Å². The molecule has 0 aromatic heterocycles. The first-order valence-electron chi connectivity index (χ1n) is 7.65. The van der Waals surface area contributed by atoms with Gasteiger partial charge in [0.1, 0.15) is 0 Å². The van der Waals surface area contributed by atoms with Gasteiger partial charge in [0.05, 0.1) is 0 Å². The number of hydrogen-bond donors (Lipinski definition) is 1. The fourth-order valence-electron chi connectivity index (χ4n) is 2.82. The van der Waals surface area contributed by atoms with E-state index in [0.29, 0.717) is 0 Å². The Morgan fingerprint density at radius 2 is 1.94 bits per heavy atom. The maximum absolute atomic E-state index is 3.48. The van der Waals surface area contributed by atoms with Gasteiger partial charge in [-0.3, -0.25) is 0 Å². The van der Waals surface area contributed by atoms with E-state index in [2.05, 4.69) is 31.1 Å². The molecule has 0 saturated heterocycles.